The molecule has 0 radical (unpaired) electrons. The molecule has 0 heterocycles. The van der Waals surface area contributed by atoms with Crippen LogP contribution in [0.2, 0.25) is 236 Å². The predicted molar refractivity (Wildman–Crippen MR) is 327 cm³/mol. The molecule has 0 aliphatic heterocycles. The maximum atomic E-state index is 4.82. The first-order valence-electron chi connectivity index (χ1n) is 20.7. The Labute approximate surface area is 465 Å². The molecule has 0 aliphatic carbocycles. The van der Waals surface area contributed by atoms with E-state index in [9.17, 15) is 0 Å². The molecule has 25 heteroatoms. The fourth-order valence-electron chi connectivity index (χ4n) is 6.04. The van der Waals surface area contributed by atoms with Crippen LogP contribution in [-0.4, -0.2) is 98.8 Å². The molecule has 0 atom stereocenters. The van der Waals surface area contributed by atoms with Crippen LogP contribution < -0.4 is 0 Å². The molecule has 0 saturated carbocycles. The average Bonchev–Trinajstić information content (AvgIpc) is 2.50. The molecular formula is C36H111Fe4N6S3Si12-3. The SMILES string of the molecule is C[Si](C)(C)[N-][Si](C)(C)C.C[Si](C)(C)[N-][Si](C)(C)C.C[Si](C)(C)[N-][Si](C)(C)C.C[Si](C)(C)[N-][Si](C)(C)C.C[Si](C)(C)[N-][Si](C)(C)C.C[Si](C)(C)[N-][Si](C)(C)C.[Fe+2].[Fe+2].[Fe+2].[Fe].[SH-].[SH-].[SH-]. The summed E-state index contributed by atoms with van der Waals surface area (Å²) in [5.74, 6) is 0. The minimum Gasteiger partial charge on any atom is -0.813 e. The molecule has 0 N–H and O–H groups in total. The molecule has 0 amide bonds. The molecule has 0 aromatic rings. The summed E-state index contributed by atoms with van der Waals surface area (Å²) in [4.78, 5) is 0. The Bertz CT molecular complexity index is 697. The zero-order valence-corrected chi connectivity index (χ0v) is 66.5. The molecule has 0 rings (SSSR count). The van der Waals surface area contributed by atoms with Gasteiger partial charge in [-0.05, 0) is 0 Å². The Hall–Kier alpha value is 5.49. The van der Waals surface area contributed by atoms with Gasteiger partial charge in [-0.1, -0.05) is 335 Å². The smallest absolute Gasteiger partial charge is 0.813 e. The van der Waals surface area contributed by atoms with Gasteiger partial charge in [-0.25, -0.2) is 0 Å². The number of thiol groups is 3. The molecule has 0 aromatic heterocycles. The van der Waals surface area contributed by atoms with Gasteiger partial charge in [0.25, 0.3) is 0 Å². The van der Waals surface area contributed by atoms with Crippen molar-refractivity contribution in [3.63, 3.8) is 0 Å². The van der Waals surface area contributed by atoms with Crippen molar-refractivity contribution in [2.24, 2.45) is 0 Å². The van der Waals surface area contributed by atoms with Crippen LogP contribution in [0.3, 0.4) is 0 Å². The van der Waals surface area contributed by atoms with Crippen LogP contribution in [0.15, 0.2) is 0 Å². The molecule has 0 saturated heterocycles. The maximum Gasteiger partial charge on any atom is 2.00 e. The van der Waals surface area contributed by atoms with Gasteiger partial charge in [0, 0.05) is 17.1 Å². The van der Waals surface area contributed by atoms with Crippen molar-refractivity contribution in [2.75, 3.05) is 0 Å². The zero-order chi connectivity index (χ0) is 46.2. The van der Waals surface area contributed by atoms with Crippen LogP contribution in [0.25, 0.3) is 27.9 Å². The summed E-state index contributed by atoms with van der Waals surface area (Å²) in [7, 11) is -13.3. The van der Waals surface area contributed by atoms with Crippen LogP contribution in [0, 0.1) is 0 Å². The first-order valence-corrected chi connectivity index (χ1v) is 62.0. The van der Waals surface area contributed by atoms with Crippen LogP contribution >= 0.6 is 0 Å². The molecule has 0 aliphatic rings. The summed E-state index contributed by atoms with van der Waals surface area (Å²) in [6.07, 6.45) is 0. The van der Waals surface area contributed by atoms with Gasteiger partial charge >= 0.3 is 51.2 Å². The summed E-state index contributed by atoms with van der Waals surface area (Å²) in [5.41, 5.74) is 0. The second-order valence-electron chi connectivity index (χ2n) is 26.7. The van der Waals surface area contributed by atoms with Crippen molar-refractivity contribution >= 4 is 139 Å². The summed E-state index contributed by atoms with van der Waals surface area (Å²) in [6, 6.07) is 0. The fraction of sp³-hybridized carbons (Fsp3) is 1.00. The van der Waals surface area contributed by atoms with E-state index in [0.717, 1.165) is 0 Å². The third-order valence-electron chi connectivity index (χ3n) is 4.02. The summed E-state index contributed by atoms with van der Waals surface area (Å²) in [5, 5.41) is 0. The zero-order valence-electron chi connectivity index (χ0n) is 47.4. The van der Waals surface area contributed by atoms with Gasteiger partial charge in [0.2, 0.25) is 0 Å². The van der Waals surface area contributed by atoms with Crippen molar-refractivity contribution in [1.29, 1.82) is 0 Å². The van der Waals surface area contributed by atoms with E-state index in [0.29, 0.717) is 0 Å². The predicted octanol–water partition coefficient (Wildman–Crippen LogP) is 17.4. The summed E-state index contributed by atoms with van der Waals surface area (Å²) >= 11 is 0. The molecule has 0 unspecified atom stereocenters. The Balaban J connectivity index is -0.0000000403. The van der Waals surface area contributed by atoms with Gasteiger partial charge in [0.1, 0.15) is 0 Å². The minimum atomic E-state index is -1.11. The van der Waals surface area contributed by atoms with Gasteiger partial charge in [-0.2, -0.15) is 0 Å². The molecule has 61 heavy (non-hydrogen) atoms. The molecular weight excluding hydrogens is 1170 g/mol. The van der Waals surface area contributed by atoms with Crippen molar-refractivity contribution < 1.29 is 68.3 Å². The van der Waals surface area contributed by atoms with Crippen molar-refractivity contribution in [3.05, 3.63) is 27.9 Å². The van der Waals surface area contributed by atoms with Crippen LogP contribution in [0.1, 0.15) is 0 Å². The Morgan fingerprint density at radius 1 is 0.148 bits per heavy atom. The molecule has 6 nitrogen and oxygen atoms in total. The van der Waals surface area contributed by atoms with Crippen molar-refractivity contribution in [1.82, 2.24) is 0 Å². The van der Waals surface area contributed by atoms with E-state index >= 15 is 0 Å². The first kappa shape index (κ1) is 99.7. The largest absolute Gasteiger partial charge is 2.00 e. The van der Waals surface area contributed by atoms with Crippen LogP contribution in [0.4, 0.5) is 0 Å². The number of nitrogens with zero attached hydrogens (tertiary/aromatic N) is 6. The van der Waals surface area contributed by atoms with Gasteiger partial charge in [0.05, 0.1) is 0 Å². The van der Waals surface area contributed by atoms with Crippen molar-refractivity contribution in [2.45, 2.75) is 236 Å². The summed E-state index contributed by atoms with van der Waals surface area (Å²) < 4.78 is 28.9. The van der Waals surface area contributed by atoms with E-state index in [-0.39, 0.29) is 109 Å². The van der Waals surface area contributed by atoms with Crippen LogP contribution in [-0.2, 0) is 109 Å². The number of rotatable bonds is 12. The topological polar surface area (TPSA) is 84.6 Å². The minimum absolute atomic E-state index is 0. The van der Waals surface area contributed by atoms with E-state index in [1.54, 1.807) is 0 Å². The number of hydrogen-bond acceptors (Lipinski definition) is 3. The van der Waals surface area contributed by atoms with Gasteiger partial charge < -0.3 is 68.4 Å². The number of hydrogen-bond donors (Lipinski definition) is 0. The monoisotopic (exact) mass is 1280 g/mol. The second-order valence-corrected chi connectivity index (χ2v) is 84.2. The fourth-order valence-corrected chi connectivity index (χ4v) is 54.3. The Morgan fingerprint density at radius 2 is 0.180 bits per heavy atom. The Kier molecular flexibility index (Phi) is 63.8. The normalized spacial score (nSPS) is 12.4. The third kappa shape index (κ3) is 153. The average molecular weight is 1280 g/mol. The van der Waals surface area contributed by atoms with Gasteiger partial charge in [-0.3, -0.25) is 0 Å². The van der Waals surface area contributed by atoms with E-state index in [1.807, 2.05) is 0 Å². The quantitative estimate of drug-likeness (QED) is 0.111. The molecule has 0 fully saturated rings. The van der Waals surface area contributed by atoms with Crippen LogP contribution in [0.5, 0.6) is 0 Å². The Morgan fingerprint density at radius 3 is 0.180 bits per heavy atom. The van der Waals surface area contributed by atoms with E-state index in [2.05, 4.69) is 236 Å². The first-order chi connectivity index (χ1) is 22.2. The second kappa shape index (κ2) is 39.1. The summed E-state index contributed by atoms with van der Waals surface area (Å²) in [6.45, 7) is 82.7. The van der Waals surface area contributed by atoms with Gasteiger partial charge in [0.15, 0.2) is 0 Å². The van der Waals surface area contributed by atoms with E-state index in [1.165, 1.54) is 0 Å². The molecule has 386 valence electrons. The standard InChI is InChI=1S/6C6H18NSi2.4Fe.3H2S/c6*1-8(2,3)7-9(4,5)6;;;;;;;/h6*1-6H3;;;;;3*1H2/q6*-1;;3*+2;;;/p-3. The van der Waals surface area contributed by atoms with Gasteiger partial charge in [-0.15, -0.1) is 0 Å². The van der Waals surface area contributed by atoms with E-state index < -0.39 is 98.8 Å². The molecule has 0 spiro atoms. The third-order valence-corrected chi connectivity index (χ3v) is 36.2. The van der Waals surface area contributed by atoms with Crippen molar-refractivity contribution in [3.8, 4) is 0 Å². The molecule has 0 bridgehead atoms. The maximum absolute atomic E-state index is 4.82. The molecule has 0 aromatic carbocycles. The van der Waals surface area contributed by atoms with E-state index in [4.69, 9.17) is 27.9 Å².